The van der Waals surface area contributed by atoms with Crippen molar-refractivity contribution in [2.24, 2.45) is 0 Å². The summed E-state index contributed by atoms with van der Waals surface area (Å²) in [5.74, 6) is -0.605. The van der Waals surface area contributed by atoms with Gasteiger partial charge >= 0.3 is 17.9 Å². The van der Waals surface area contributed by atoms with Crippen LogP contribution in [0.3, 0.4) is 0 Å². The van der Waals surface area contributed by atoms with Gasteiger partial charge in [-0.1, -0.05) is 0 Å². The number of aromatic nitrogens is 2. The van der Waals surface area contributed by atoms with E-state index in [4.69, 9.17) is 23.7 Å². The van der Waals surface area contributed by atoms with Gasteiger partial charge in [-0.15, -0.1) is 11.8 Å². The summed E-state index contributed by atoms with van der Waals surface area (Å²) in [6.07, 6.45) is 0.324. The van der Waals surface area contributed by atoms with E-state index in [-0.39, 0.29) is 5.75 Å². The highest BCUT2D eigenvalue weighted by atomic mass is 32.2. The Hall–Kier alpha value is -3.34. The molecule has 0 saturated carbocycles. The summed E-state index contributed by atoms with van der Waals surface area (Å²) in [6.45, 7) is 3.71. The maximum Gasteiger partial charge on any atom is 0.303 e. The molecule has 0 spiro atoms. The summed E-state index contributed by atoms with van der Waals surface area (Å²) in [6, 6.07) is 7.07. The number of rotatable bonds is 7. The van der Waals surface area contributed by atoms with E-state index < -0.39 is 41.7 Å². The van der Waals surface area contributed by atoms with Crippen molar-refractivity contribution in [2.75, 3.05) is 12.9 Å². The number of carbonyl (C=O) groups is 3. The molecule has 2 aromatic rings. The van der Waals surface area contributed by atoms with Crippen LogP contribution in [0.15, 0.2) is 36.7 Å². The van der Waals surface area contributed by atoms with Crippen molar-refractivity contribution in [1.82, 2.24) is 9.97 Å². The minimum absolute atomic E-state index is 0.276. The molecule has 3 heterocycles. The number of methoxy groups -OCH3 is 1. The smallest absolute Gasteiger partial charge is 0.303 e. The number of hydrogen-bond acceptors (Lipinski definition) is 11. The predicted octanol–water partition coefficient (Wildman–Crippen LogP) is 2.40. The first-order valence-corrected chi connectivity index (χ1v) is 11.1. The van der Waals surface area contributed by atoms with Crippen LogP contribution in [-0.4, -0.2) is 64.5 Å². The Kier molecular flexibility index (Phi) is 8.10. The zero-order valence-electron chi connectivity index (χ0n) is 18.5. The van der Waals surface area contributed by atoms with Crippen molar-refractivity contribution in [2.45, 2.75) is 44.5 Å². The van der Waals surface area contributed by atoms with Crippen molar-refractivity contribution >= 4 is 29.7 Å². The van der Waals surface area contributed by atoms with Crippen LogP contribution in [0.25, 0.3) is 11.3 Å². The Morgan fingerprint density at radius 3 is 2.24 bits per heavy atom. The summed E-state index contributed by atoms with van der Waals surface area (Å²) < 4.78 is 27.4. The molecule has 1 aliphatic rings. The second-order valence-corrected chi connectivity index (χ2v) is 8.19. The molecule has 4 atom stereocenters. The van der Waals surface area contributed by atoms with E-state index in [1.165, 1.54) is 45.8 Å². The fraction of sp³-hybridized carbons (Fsp3) is 0.409. The van der Waals surface area contributed by atoms with Gasteiger partial charge in [0.15, 0.2) is 23.7 Å². The van der Waals surface area contributed by atoms with Crippen LogP contribution >= 0.6 is 11.8 Å². The van der Waals surface area contributed by atoms with Crippen LogP contribution in [0.5, 0.6) is 11.6 Å². The topological polar surface area (TPSA) is 123 Å². The highest BCUT2D eigenvalue weighted by Crippen LogP contribution is 2.35. The molecule has 1 aliphatic heterocycles. The van der Waals surface area contributed by atoms with Gasteiger partial charge in [-0.05, 0) is 24.3 Å². The molecular formula is C22H24N2O8S. The Morgan fingerprint density at radius 2 is 1.64 bits per heavy atom. The van der Waals surface area contributed by atoms with Crippen molar-refractivity contribution < 1.29 is 38.1 Å². The van der Waals surface area contributed by atoms with Crippen LogP contribution in [0.1, 0.15) is 20.8 Å². The number of nitrogens with zero attached hydrogens (tertiary/aromatic N) is 2. The third-order valence-corrected chi connectivity index (χ3v) is 5.75. The monoisotopic (exact) mass is 476 g/mol. The molecular weight excluding hydrogens is 452 g/mol. The Labute approximate surface area is 194 Å². The van der Waals surface area contributed by atoms with E-state index in [0.717, 1.165) is 5.56 Å². The Bertz CT molecular complexity index is 1000. The molecule has 1 saturated heterocycles. The highest BCUT2D eigenvalue weighted by Gasteiger charge is 2.47. The maximum atomic E-state index is 11.8. The number of thioether (sulfide) groups is 1. The van der Waals surface area contributed by atoms with Crippen molar-refractivity contribution in [1.29, 1.82) is 0 Å². The van der Waals surface area contributed by atoms with Gasteiger partial charge in [-0.2, -0.15) is 0 Å². The number of ether oxygens (including phenoxy) is 5. The molecule has 0 radical (unpaired) electrons. The summed E-state index contributed by atoms with van der Waals surface area (Å²) in [5.41, 5.74) is 0.619. The fourth-order valence-corrected chi connectivity index (χ4v) is 4.52. The molecule has 0 aliphatic carbocycles. The summed E-state index contributed by atoms with van der Waals surface area (Å²) in [5, 5.41) is 0. The van der Waals surface area contributed by atoms with Gasteiger partial charge in [0.2, 0.25) is 5.88 Å². The first kappa shape index (κ1) is 24.3. The Morgan fingerprint density at radius 1 is 0.939 bits per heavy atom. The average molecular weight is 477 g/mol. The number of carbonyl (C=O) groups excluding carboxylic acids is 3. The highest BCUT2D eigenvalue weighted by molar-refractivity contribution is 7.99. The summed E-state index contributed by atoms with van der Waals surface area (Å²) >= 11 is 1.27. The third-order valence-electron chi connectivity index (χ3n) is 4.53. The lowest BCUT2D eigenvalue weighted by Crippen LogP contribution is -2.55. The first-order chi connectivity index (χ1) is 15.8. The lowest BCUT2D eigenvalue weighted by Gasteiger charge is -2.39. The molecule has 0 N–H and O–H groups in total. The summed E-state index contributed by atoms with van der Waals surface area (Å²) in [7, 11) is 1.53. The molecule has 2 aromatic heterocycles. The molecule has 0 bridgehead atoms. The SMILES string of the molecule is COc1ncccc1-c1ccc(O[C@@H]2SC[C@@H](OC(C)=O)[C@H](OC(C)=O)[C@H]2OC(C)=O)cn1. The van der Waals surface area contributed by atoms with Gasteiger partial charge in [0, 0.05) is 32.7 Å². The second-order valence-electron chi connectivity index (χ2n) is 7.05. The molecule has 0 amide bonds. The molecule has 11 heteroatoms. The second kappa shape index (κ2) is 11.0. The van der Waals surface area contributed by atoms with E-state index in [1.807, 2.05) is 6.07 Å². The molecule has 176 valence electrons. The van der Waals surface area contributed by atoms with Gasteiger partial charge < -0.3 is 23.7 Å². The minimum atomic E-state index is -1.02. The van der Waals surface area contributed by atoms with E-state index in [9.17, 15) is 14.4 Å². The van der Waals surface area contributed by atoms with E-state index >= 15 is 0 Å². The molecule has 33 heavy (non-hydrogen) atoms. The van der Waals surface area contributed by atoms with Gasteiger partial charge in [0.1, 0.15) is 5.75 Å². The fourth-order valence-electron chi connectivity index (χ4n) is 3.30. The largest absolute Gasteiger partial charge is 0.481 e. The van der Waals surface area contributed by atoms with Gasteiger partial charge in [-0.3, -0.25) is 19.4 Å². The van der Waals surface area contributed by atoms with Crippen LogP contribution in [-0.2, 0) is 28.6 Å². The van der Waals surface area contributed by atoms with Crippen LogP contribution in [0, 0.1) is 0 Å². The lowest BCUT2D eigenvalue weighted by molar-refractivity contribution is -0.186. The third kappa shape index (κ3) is 6.35. The normalized spacial score (nSPS) is 22.1. The van der Waals surface area contributed by atoms with E-state index in [2.05, 4.69) is 9.97 Å². The molecule has 0 unspecified atom stereocenters. The lowest BCUT2D eigenvalue weighted by atomic mass is 10.1. The van der Waals surface area contributed by atoms with E-state index in [0.29, 0.717) is 17.3 Å². The average Bonchev–Trinajstić information content (AvgIpc) is 2.77. The van der Waals surface area contributed by atoms with Crippen molar-refractivity contribution in [3.63, 3.8) is 0 Å². The Balaban J connectivity index is 1.82. The number of esters is 3. The minimum Gasteiger partial charge on any atom is -0.481 e. The zero-order valence-corrected chi connectivity index (χ0v) is 19.4. The zero-order chi connectivity index (χ0) is 24.0. The quantitative estimate of drug-likeness (QED) is 0.432. The predicted molar refractivity (Wildman–Crippen MR) is 118 cm³/mol. The van der Waals surface area contributed by atoms with E-state index in [1.54, 1.807) is 24.4 Å². The van der Waals surface area contributed by atoms with Crippen LogP contribution in [0.4, 0.5) is 0 Å². The van der Waals surface area contributed by atoms with Crippen LogP contribution in [0.2, 0.25) is 0 Å². The first-order valence-electron chi connectivity index (χ1n) is 10.0. The number of hydrogen-bond donors (Lipinski definition) is 0. The summed E-state index contributed by atoms with van der Waals surface area (Å²) in [4.78, 5) is 43.5. The number of pyridine rings is 2. The molecule has 3 rings (SSSR count). The van der Waals surface area contributed by atoms with Gasteiger partial charge in [-0.25, -0.2) is 4.98 Å². The van der Waals surface area contributed by atoms with Crippen molar-refractivity contribution in [3.8, 4) is 22.9 Å². The van der Waals surface area contributed by atoms with Gasteiger partial charge in [0.05, 0.1) is 24.6 Å². The maximum absolute atomic E-state index is 11.8. The molecule has 0 aromatic carbocycles. The van der Waals surface area contributed by atoms with Crippen molar-refractivity contribution in [3.05, 3.63) is 36.7 Å². The molecule has 10 nitrogen and oxygen atoms in total. The van der Waals surface area contributed by atoms with Gasteiger partial charge in [0.25, 0.3) is 0 Å². The van der Waals surface area contributed by atoms with Crippen LogP contribution < -0.4 is 9.47 Å². The standard InChI is InChI=1S/C22H24N2O8S/c1-12(25)29-18-11-33-22(20(31-14(3)27)19(18)30-13(2)26)32-15-7-8-17(24-10-15)16-6-5-9-23-21(16)28-4/h5-10,18-20,22H,11H2,1-4H3/t18-,19+,20-,22-/m1/s1. The molecule has 1 fully saturated rings.